The highest BCUT2D eigenvalue weighted by Crippen LogP contribution is 2.36. The van der Waals surface area contributed by atoms with Crippen molar-refractivity contribution < 1.29 is 9.47 Å². The van der Waals surface area contributed by atoms with Gasteiger partial charge in [-0.05, 0) is 33.2 Å². The summed E-state index contributed by atoms with van der Waals surface area (Å²) in [6.07, 6.45) is 4.92. The molecule has 1 aliphatic carbocycles. The number of rotatable bonds is 8. The lowest BCUT2D eigenvalue weighted by atomic mass is 9.92. The molecule has 0 aliphatic heterocycles. The third-order valence-corrected chi connectivity index (χ3v) is 3.46. The van der Waals surface area contributed by atoms with E-state index in [-0.39, 0.29) is 5.60 Å². The Bertz CT molecular complexity index is 179. The summed E-state index contributed by atoms with van der Waals surface area (Å²) in [5, 5.41) is 3.54. The molecule has 1 fully saturated rings. The molecule has 0 aromatic rings. The van der Waals surface area contributed by atoms with Crippen LogP contribution in [-0.4, -0.2) is 38.0 Å². The molecule has 1 rings (SSSR count). The molecule has 0 heterocycles. The molecule has 1 saturated carbocycles. The first kappa shape index (κ1) is 13.9. The maximum Gasteiger partial charge on any atom is 0.0857 e. The van der Waals surface area contributed by atoms with Gasteiger partial charge in [0.2, 0.25) is 0 Å². The van der Waals surface area contributed by atoms with E-state index in [4.69, 9.17) is 9.47 Å². The highest BCUT2D eigenvalue weighted by molar-refractivity contribution is 4.97. The van der Waals surface area contributed by atoms with Gasteiger partial charge in [0.25, 0.3) is 0 Å². The first-order valence-corrected chi connectivity index (χ1v) is 6.74. The maximum absolute atomic E-state index is 6.06. The summed E-state index contributed by atoms with van der Waals surface area (Å²) in [7, 11) is 0. The van der Waals surface area contributed by atoms with Crippen molar-refractivity contribution in [3.8, 4) is 0 Å². The Hall–Kier alpha value is -0.120. The second kappa shape index (κ2) is 7.25. The van der Waals surface area contributed by atoms with Crippen LogP contribution < -0.4 is 5.32 Å². The molecule has 96 valence electrons. The van der Waals surface area contributed by atoms with Gasteiger partial charge in [-0.25, -0.2) is 0 Å². The smallest absolute Gasteiger partial charge is 0.0857 e. The van der Waals surface area contributed by atoms with E-state index in [2.05, 4.69) is 19.2 Å². The second-order valence-corrected chi connectivity index (χ2v) is 4.47. The molecule has 0 spiro atoms. The van der Waals surface area contributed by atoms with Crippen LogP contribution in [0.15, 0.2) is 0 Å². The van der Waals surface area contributed by atoms with E-state index in [0.717, 1.165) is 26.4 Å². The number of hydrogen-bond donors (Lipinski definition) is 1. The molecule has 3 heteroatoms. The largest absolute Gasteiger partial charge is 0.380 e. The zero-order chi connectivity index (χ0) is 11.9. The van der Waals surface area contributed by atoms with Crippen LogP contribution in [0.3, 0.4) is 0 Å². The van der Waals surface area contributed by atoms with Gasteiger partial charge in [-0.2, -0.15) is 0 Å². The summed E-state index contributed by atoms with van der Waals surface area (Å²) < 4.78 is 11.6. The molecule has 1 N–H and O–H groups in total. The molecule has 16 heavy (non-hydrogen) atoms. The number of nitrogens with one attached hydrogen (secondary N) is 1. The molecular formula is C13H27NO2. The number of ether oxygens (including phenoxy) is 2. The molecule has 0 aromatic carbocycles. The zero-order valence-corrected chi connectivity index (χ0v) is 11.1. The van der Waals surface area contributed by atoms with Gasteiger partial charge in [-0.3, -0.25) is 0 Å². The average Bonchev–Trinajstić information content (AvgIpc) is 2.74. The van der Waals surface area contributed by atoms with Crippen LogP contribution in [0.4, 0.5) is 0 Å². The summed E-state index contributed by atoms with van der Waals surface area (Å²) in [4.78, 5) is 0. The summed E-state index contributed by atoms with van der Waals surface area (Å²) >= 11 is 0. The summed E-state index contributed by atoms with van der Waals surface area (Å²) in [6.45, 7) is 9.61. The summed E-state index contributed by atoms with van der Waals surface area (Å²) in [5.41, 5.74) is 0.0277. The highest BCUT2D eigenvalue weighted by Gasteiger charge is 2.41. The third-order valence-electron chi connectivity index (χ3n) is 3.46. The van der Waals surface area contributed by atoms with E-state index in [1.165, 1.54) is 25.7 Å². The molecule has 1 aliphatic rings. The van der Waals surface area contributed by atoms with Gasteiger partial charge in [0.05, 0.1) is 18.2 Å². The molecule has 0 saturated heterocycles. The van der Waals surface area contributed by atoms with Gasteiger partial charge in [-0.1, -0.05) is 19.8 Å². The number of hydrogen-bond acceptors (Lipinski definition) is 3. The lowest BCUT2D eigenvalue weighted by Crippen LogP contribution is -2.53. The van der Waals surface area contributed by atoms with Gasteiger partial charge in [0, 0.05) is 13.2 Å². The predicted octanol–water partition coefficient (Wildman–Crippen LogP) is 2.35. The van der Waals surface area contributed by atoms with Crippen LogP contribution in [0, 0.1) is 0 Å². The first-order valence-electron chi connectivity index (χ1n) is 6.74. The molecule has 0 aromatic heterocycles. The molecule has 0 radical (unpaired) electrons. The standard InChI is InChI=1S/C13H27NO2/c1-4-14-12(11-15-5-2)13(16-6-3)9-7-8-10-13/h12,14H,4-11H2,1-3H3. The summed E-state index contributed by atoms with van der Waals surface area (Å²) in [6, 6.07) is 0.347. The van der Waals surface area contributed by atoms with Gasteiger partial charge >= 0.3 is 0 Å². The van der Waals surface area contributed by atoms with Crippen LogP contribution in [0.25, 0.3) is 0 Å². The highest BCUT2D eigenvalue weighted by atomic mass is 16.5. The second-order valence-electron chi connectivity index (χ2n) is 4.47. The Balaban J connectivity index is 2.62. The third kappa shape index (κ3) is 3.44. The fraction of sp³-hybridized carbons (Fsp3) is 1.00. The maximum atomic E-state index is 6.06. The summed E-state index contributed by atoms with van der Waals surface area (Å²) in [5.74, 6) is 0. The van der Waals surface area contributed by atoms with Crippen molar-refractivity contribution in [2.75, 3.05) is 26.4 Å². The van der Waals surface area contributed by atoms with E-state index < -0.39 is 0 Å². The first-order chi connectivity index (χ1) is 7.79. The Morgan fingerprint density at radius 3 is 2.31 bits per heavy atom. The van der Waals surface area contributed by atoms with Crippen molar-refractivity contribution in [2.45, 2.75) is 58.1 Å². The van der Waals surface area contributed by atoms with Gasteiger partial charge in [-0.15, -0.1) is 0 Å². The van der Waals surface area contributed by atoms with E-state index in [1.54, 1.807) is 0 Å². The van der Waals surface area contributed by atoms with E-state index in [1.807, 2.05) is 6.92 Å². The van der Waals surface area contributed by atoms with Crippen molar-refractivity contribution in [2.24, 2.45) is 0 Å². The topological polar surface area (TPSA) is 30.5 Å². The van der Waals surface area contributed by atoms with Crippen molar-refractivity contribution in [3.05, 3.63) is 0 Å². The van der Waals surface area contributed by atoms with Crippen molar-refractivity contribution >= 4 is 0 Å². The minimum Gasteiger partial charge on any atom is -0.380 e. The molecular weight excluding hydrogens is 202 g/mol. The van der Waals surface area contributed by atoms with Crippen molar-refractivity contribution in [1.29, 1.82) is 0 Å². The van der Waals surface area contributed by atoms with Gasteiger partial charge < -0.3 is 14.8 Å². The fourth-order valence-corrected chi connectivity index (χ4v) is 2.73. The molecule has 3 nitrogen and oxygen atoms in total. The monoisotopic (exact) mass is 229 g/mol. The zero-order valence-electron chi connectivity index (χ0n) is 11.1. The van der Waals surface area contributed by atoms with Crippen LogP contribution in [0.5, 0.6) is 0 Å². The van der Waals surface area contributed by atoms with Gasteiger partial charge in [0.15, 0.2) is 0 Å². The normalized spacial score (nSPS) is 21.2. The number of likely N-dealkylation sites (N-methyl/N-ethyl adjacent to an activating group) is 1. The van der Waals surface area contributed by atoms with E-state index in [0.29, 0.717) is 6.04 Å². The Labute approximate surface area is 99.9 Å². The molecule has 0 amide bonds. The molecule has 0 bridgehead atoms. The predicted molar refractivity (Wildman–Crippen MR) is 66.8 cm³/mol. The fourth-order valence-electron chi connectivity index (χ4n) is 2.73. The van der Waals surface area contributed by atoms with Crippen molar-refractivity contribution in [1.82, 2.24) is 5.32 Å². The minimum absolute atomic E-state index is 0.0277. The SMILES string of the molecule is CCNC(COCC)C1(OCC)CCCC1. The molecule has 1 atom stereocenters. The Kier molecular flexibility index (Phi) is 6.32. The van der Waals surface area contributed by atoms with Crippen LogP contribution in [0.2, 0.25) is 0 Å². The van der Waals surface area contributed by atoms with Crippen LogP contribution >= 0.6 is 0 Å². The Morgan fingerprint density at radius 1 is 1.12 bits per heavy atom. The lowest BCUT2D eigenvalue weighted by Gasteiger charge is -2.37. The Morgan fingerprint density at radius 2 is 1.81 bits per heavy atom. The van der Waals surface area contributed by atoms with Crippen LogP contribution in [-0.2, 0) is 9.47 Å². The van der Waals surface area contributed by atoms with Crippen molar-refractivity contribution in [3.63, 3.8) is 0 Å². The van der Waals surface area contributed by atoms with Gasteiger partial charge in [0.1, 0.15) is 0 Å². The minimum atomic E-state index is 0.0277. The van der Waals surface area contributed by atoms with Crippen LogP contribution in [0.1, 0.15) is 46.5 Å². The van der Waals surface area contributed by atoms with E-state index in [9.17, 15) is 0 Å². The lowest BCUT2D eigenvalue weighted by molar-refractivity contribution is -0.0792. The molecule has 1 unspecified atom stereocenters. The van der Waals surface area contributed by atoms with E-state index >= 15 is 0 Å². The quantitative estimate of drug-likeness (QED) is 0.693. The average molecular weight is 229 g/mol.